The van der Waals surface area contributed by atoms with Crippen LogP contribution >= 0.6 is 23.4 Å². The summed E-state index contributed by atoms with van der Waals surface area (Å²) in [4.78, 5) is 31.3. The molecule has 0 saturated carbocycles. The summed E-state index contributed by atoms with van der Waals surface area (Å²) in [6.07, 6.45) is 1.74. The van der Waals surface area contributed by atoms with Gasteiger partial charge < -0.3 is 4.90 Å². The van der Waals surface area contributed by atoms with Gasteiger partial charge in [0.1, 0.15) is 0 Å². The van der Waals surface area contributed by atoms with Crippen LogP contribution in [0.25, 0.3) is 6.08 Å². The van der Waals surface area contributed by atoms with Gasteiger partial charge in [0.25, 0.3) is 11.1 Å². The SMILES string of the molecule is O=C1SC(=Cc2ccc(Cl)cc2)C(=O)N1CN1CCN(c2ccccc2)CC1. The van der Waals surface area contributed by atoms with Crippen LogP contribution in [0.2, 0.25) is 5.02 Å². The number of nitrogens with zero attached hydrogens (tertiary/aromatic N) is 3. The zero-order chi connectivity index (χ0) is 19.5. The fraction of sp³-hybridized carbons (Fsp3) is 0.238. The second-order valence-electron chi connectivity index (χ2n) is 6.74. The molecule has 2 aromatic rings. The molecule has 0 bridgehead atoms. The number of hydrogen-bond acceptors (Lipinski definition) is 5. The average molecular weight is 414 g/mol. The van der Waals surface area contributed by atoms with Crippen LogP contribution in [0.3, 0.4) is 0 Å². The molecule has 144 valence electrons. The quantitative estimate of drug-likeness (QED) is 0.704. The third-order valence-corrected chi connectivity index (χ3v) is 6.04. The van der Waals surface area contributed by atoms with Crippen molar-refractivity contribution in [3.05, 3.63) is 70.1 Å². The maximum absolute atomic E-state index is 12.7. The van der Waals surface area contributed by atoms with Crippen LogP contribution in [0.5, 0.6) is 0 Å². The third kappa shape index (κ3) is 4.24. The highest BCUT2D eigenvalue weighted by atomic mass is 35.5. The molecular formula is C21H20ClN3O2S. The molecule has 0 N–H and O–H groups in total. The van der Waals surface area contributed by atoms with Crippen LogP contribution in [0, 0.1) is 0 Å². The summed E-state index contributed by atoms with van der Waals surface area (Å²) in [6, 6.07) is 17.5. The first kappa shape index (κ1) is 19.1. The lowest BCUT2D eigenvalue weighted by atomic mass is 10.2. The van der Waals surface area contributed by atoms with Gasteiger partial charge in [0.2, 0.25) is 0 Å². The van der Waals surface area contributed by atoms with E-state index in [4.69, 9.17) is 11.6 Å². The van der Waals surface area contributed by atoms with Crippen molar-refractivity contribution in [3.8, 4) is 0 Å². The minimum Gasteiger partial charge on any atom is -0.369 e. The molecule has 2 aliphatic heterocycles. The molecule has 0 aliphatic carbocycles. The number of para-hydroxylation sites is 1. The molecule has 28 heavy (non-hydrogen) atoms. The number of imide groups is 1. The number of amides is 2. The normalized spacial score (nSPS) is 19.7. The van der Waals surface area contributed by atoms with E-state index < -0.39 is 0 Å². The third-order valence-electron chi connectivity index (χ3n) is 4.88. The first-order valence-corrected chi connectivity index (χ1v) is 10.3. The number of hydrogen-bond donors (Lipinski definition) is 0. The van der Waals surface area contributed by atoms with Crippen LogP contribution in [0.1, 0.15) is 5.56 Å². The van der Waals surface area contributed by atoms with Gasteiger partial charge in [-0.3, -0.25) is 19.4 Å². The lowest BCUT2D eigenvalue weighted by molar-refractivity contribution is -0.124. The predicted molar refractivity (Wildman–Crippen MR) is 114 cm³/mol. The molecule has 2 amide bonds. The summed E-state index contributed by atoms with van der Waals surface area (Å²) in [5.41, 5.74) is 2.06. The lowest BCUT2D eigenvalue weighted by Crippen LogP contribution is -2.50. The average Bonchev–Trinajstić information content (AvgIpc) is 2.98. The molecule has 2 fully saturated rings. The van der Waals surface area contributed by atoms with Crippen LogP contribution < -0.4 is 4.90 Å². The van der Waals surface area contributed by atoms with Gasteiger partial charge in [0.15, 0.2) is 0 Å². The molecule has 0 radical (unpaired) electrons. The summed E-state index contributed by atoms with van der Waals surface area (Å²) >= 11 is 6.89. The highest BCUT2D eigenvalue weighted by molar-refractivity contribution is 8.18. The van der Waals surface area contributed by atoms with Gasteiger partial charge in [-0.1, -0.05) is 41.9 Å². The van der Waals surface area contributed by atoms with Gasteiger partial charge in [-0.2, -0.15) is 0 Å². The molecule has 4 rings (SSSR count). The predicted octanol–water partition coefficient (Wildman–Crippen LogP) is 4.16. The van der Waals surface area contributed by atoms with Crippen LogP contribution in [-0.4, -0.2) is 53.8 Å². The number of carbonyl (C=O) groups is 2. The fourth-order valence-corrected chi connectivity index (χ4v) is 4.28. The van der Waals surface area contributed by atoms with Crippen molar-refractivity contribution in [2.45, 2.75) is 0 Å². The monoisotopic (exact) mass is 413 g/mol. The van der Waals surface area contributed by atoms with E-state index in [1.165, 1.54) is 10.6 Å². The van der Waals surface area contributed by atoms with Gasteiger partial charge >= 0.3 is 0 Å². The zero-order valence-corrected chi connectivity index (χ0v) is 16.8. The Morgan fingerprint density at radius 3 is 2.29 bits per heavy atom. The lowest BCUT2D eigenvalue weighted by Gasteiger charge is -2.37. The molecule has 2 heterocycles. The van der Waals surface area contributed by atoms with E-state index in [9.17, 15) is 9.59 Å². The van der Waals surface area contributed by atoms with Gasteiger partial charge in [0, 0.05) is 36.9 Å². The van der Waals surface area contributed by atoms with Gasteiger partial charge in [-0.25, -0.2) is 0 Å². The Morgan fingerprint density at radius 1 is 0.929 bits per heavy atom. The first-order chi connectivity index (χ1) is 13.6. The molecule has 0 unspecified atom stereocenters. The van der Waals surface area contributed by atoms with E-state index in [1.807, 2.05) is 30.3 Å². The van der Waals surface area contributed by atoms with Crippen molar-refractivity contribution in [1.29, 1.82) is 0 Å². The minimum absolute atomic E-state index is 0.212. The molecule has 5 nitrogen and oxygen atoms in total. The second kappa shape index (κ2) is 8.39. The highest BCUT2D eigenvalue weighted by Gasteiger charge is 2.36. The summed E-state index contributed by atoms with van der Waals surface area (Å²) < 4.78 is 0. The molecular weight excluding hydrogens is 394 g/mol. The number of rotatable bonds is 4. The Bertz CT molecular complexity index is 894. The van der Waals surface area contributed by atoms with Crippen molar-refractivity contribution in [1.82, 2.24) is 9.80 Å². The highest BCUT2D eigenvalue weighted by Crippen LogP contribution is 2.32. The van der Waals surface area contributed by atoms with E-state index >= 15 is 0 Å². The summed E-state index contributed by atoms with van der Waals surface area (Å²) in [7, 11) is 0. The van der Waals surface area contributed by atoms with Gasteiger partial charge in [-0.05, 0) is 47.7 Å². The van der Waals surface area contributed by atoms with Gasteiger partial charge in [-0.15, -0.1) is 0 Å². The van der Waals surface area contributed by atoms with E-state index in [0.29, 0.717) is 16.6 Å². The summed E-state index contributed by atoms with van der Waals surface area (Å²) in [5.74, 6) is -0.226. The van der Waals surface area contributed by atoms with Crippen molar-refractivity contribution >= 4 is 46.3 Å². The molecule has 2 aliphatic rings. The second-order valence-corrected chi connectivity index (χ2v) is 8.17. The van der Waals surface area contributed by atoms with E-state index in [2.05, 4.69) is 21.9 Å². The number of anilines is 1. The molecule has 0 spiro atoms. The largest absolute Gasteiger partial charge is 0.369 e. The van der Waals surface area contributed by atoms with Crippen LogP contribution in [0.15, 0.2) is 59.5 Å². The maximum Gasteiger partial charge on any atom is 0.294 e. The fourth-order valence-electron chi connectivity index (χ4n) is 3.32. The Kier molecular flexibility index (Phi) is 5.71. The first-order valence-electron chi connectivity index (χ1n) is 9.13. The Morgan fingerprint density at radius 2 is 1.61 bits per heavy atom. The van der Waals surface area contributed by atoms with E-state index in [-0.39, 0.29) is 11.1 Å². The Hall–Kier alpha value is -2.28. The zero-order valence-electron chi connectivity index (χ0n) is 15.3. The van der Waals surface area contributed by atoms with Crippen molar-refractivity contribution in [2.24, 2.45) is 0 Å². The van der Waals surface area contributed by atoms with Gasteiger partial charge in [0.05, 0.1) is 11.6 Å². The van der Waals surface area contributed by atoms with E-state index in [1.54, 1.807) is 18.2 Å². The number of benzene rings is 2. The minimum atomic E-state index is -0.226. The van der Waals surface area contributed by atoms with E-state index in [0.717, 1.165) is 43.5 Å². The van der Waals surface area contributed by atoms with Crippen LogP contribution in [0.4, 0.5) is 10.5 Å². The van der Waals surface area contributed by atoms with Crippen molar-refractivity contribution in [3.63, 3.8) is 0 Å². The number of thioether (sulfide) groups is 1. The summed E-state index contributed by atoms with van der Waals surface area (Å²) in [6.45, 7) is 3.71. The molecule has 7 heteroatoms. The molecule has 2 saturated heterocycles. The summed E-state index contributed by atoms with van der Waals surface area (Å²) in [5, 5.41) is 0.426. The standard InChI is InChI=1S/C21H20ClN3O2S/c22-17-8-6-16(7-9-17)14-19-20(26)25(21(27)28-19)15-23-10-12-24(13-11-23)18-4-2-1-3-5-18/h1-9,14H,10-13,15H2. The van der Waals surface area contributed by atoms with Crippen molar-refractivity contribution in [2.75, 3.05) is 37.7 Å². The smallest absolute Gasteiger partial charge is 0.294 e. The maximum atomic E-state index is 12.7. The van der Waals surface area contributed by atoms with Crippen molar-refractivity contribution < 1.29 is 9.59 Å². The number of piperazine rings is 1. The number of halogens is 1. The number of carbonyl (C=O) groups excluding carboxylic acids is 2. The molecule has 0 atom stereocenters. The Balaban J connectivity index is 1.37. The molecule has 2 aromatic carbocycles. The Labute approximate surface area is 173 Å². The van der Waals surface area contributed by atoms with Crippen LogP contribution in [-0.2, 0) is 4.79 Å². The molecule has 0 aromatic heterocycles. The topological polar surface area (TPSA) is 43.9 Å².